The minimum absolute atomic E-state index is 0.0606. The van der Waals surface area contributed by atoms with Gasteiger partial charge in [0.25, 0.3) is 0 Å². The lowest BCUT2D eigenvalue weighted by Gasteiger charge is -2.34. The summed E-state index contributed by atoms with van der Waals surface area (Å²) >= 11 is 0. The molecule has 1 saturated heterocycles. The van der Waals surface area contributed by atoms with Crippen molar-refractivity contribution >= 4 is 11.6 Å². The van der Waals surface area contributed by atoms with Crippen LogP contribution in [0.3, 0.4) is 0 Å². The third-order valence-electron chi connectivity index (χ3n) is 4.96. The van der Waals surface area contributed by atoms with Gasteiger partial charge in [-0.1, -0.05) is 6.42 Å². The Hall–Kier alpha value is -2.93. The second-order valence-electron chi connectivity index (χ2n) is 6.99. The van der Waals surface area contributed by atoms with E-state index >= 15 is 0 Å². The molecule has 0 bridgehead atoms. The molecule has 3 aromatic rings. The number of aryl methyl sites for hydroxylation is 1. The van der Waals surface area contributed by atoms with E-state index in [4.69, 9.17) is 0 Å². The van der Waals surface area contributed by atoms with Crippen molar-refractivity contribution in [3.8, 4) is 5.69 Å². The molecule has 140 valence electrons. The molecule has 1 atom stereocenters. The number of carbonyl (C=O) groups is 1. The second-order valence-corrected chi connectivity index (χ2v) is 6.99. The summed E-state index contributed by atoms with van der Waals surface area (Å²) in [5, 5.41) is 11.5. The highest BCUT2D eigenvalue weighted by atomic mass is 16.2. The van der Waals surface area contributed by atoms with Gasteiger partial charge in [0.1, 0.15) is 0 Å². The first-order valence-electron chi connectivity index (χ1n) is 9.31. The van der Waals surface area contributed by atoms with E-state index in [0.717, 1.165) is 49.3 Å². The lowest BCUT2D eigenvalue weighted by atomic mass is 10.0. The quantitative estimate of drug-likeness (QED) is 0.756. The molecule has 1 N–H and O–H groups in total. The fourth-order valence-corrected chi connectivity index (χ4v) is 3.61. The van der Waals surface area contributed by atoms with Gasteiger partial charge in [-0.05, 0) is 49.7 Å². The number of aromatic nitrogens is 4. The summed E-state index contributed by atoms with van der Waals surface area (Å²) < 4.78 is 3.60. The summed E-state index contributed by atoms with van der Waals surface area (Å²) in [6, 6.07) is 9.53. The van der Waals surface area contributed by atoms with E-state index < -0.39 is 0 Å². The highest BCUT2D eigenvalue weighted by Gasteiger charge is 2.29. The van der Waals surface area contributed by atoms with Crippen LogP contribution in [0.15, 0.2) is 55.1 Å². The first-order valence-corrected chi connectivity index (χ1v) is 9.31. The van der Waals surface area contributed by atoms with Crippen molar-refractivity contribution in [3.05, 3.63) is 60.7 Å². The van der Waals surface area contributed by atoms with E-state index in [1.54, 1.807) is 15.6 Å². The number of hydrogen-bond acceptors (Lipinski definition) is 4. The molecule has 7 nitrogen and oxygen atoms in total. The van der Waals surface area contributed by atoms with Crippen molar-refractivity contribution in [1.82, 2.24) is 24.5 Å². The van der Waals surface area contributed by atoms with Crippen LogP contribution in [-0.2, 0) is 18.4 Å². The van der Waals surface area contributed by atoms with E-state index in [-0.39, 0.29) is 11.9 Å². The zero-order chi connectivity index (χ0) is 18.6. The molecule has 7 heteroatoms. The lowest BCUT2D eigenvalue weighted by molar-refractivity contribution is -0.122. The van der Waals surface area contributed by atoms with E-state index in [2.05, 4.69) is 20.4 Å². The van der Waals surface area contributed by atoms with E-state index in [1.807, 2.05) is 56.0 Å². The molecule has 1 fully saturated rings. The summed E-state index contributed by atoms with van der Waals surface area (Å²) in [5.41, 5.74) is 2.91. The van der Waals surface area contributed by atoms with Crippen LogP contribution in [0.5, 0.6) is 0 Å². The molecule has 1 amide bonds. The van der Waals surface area contributed by atoms with Crippen molar-refractivity contribution in [1.29, 1.82) is 0 Å². The maximum absolute atomic E-state index is 12.9. The Bertz CT molecular complexity index is 884. The summed E-state index contributed by atoms with van der Waals surface area (Å²) in [6.45, 7) is 1.69. The van der Waals surface area contributed by atoms with Crippen LogP contribution in [0.4, 0.5) is 5.69 Å². The Morgan fingerprint density at radius 1 is 1.22 bits per heavy atom. The van der Waals surface area contributed by atoms with Crippen LogP contribution in [-0.4, -0.2) is 43.0 Å². The number of nitrogens with one attached hydrogen (secondary N) is 1. The molecule has 1 unspecified atom stereocenters. The van der Waals surface area contributed by atoms with Crippen molar-refractivity contribution < 1.29 is 4.79 Å². The van der Waals surface area contributed by atoms with Gasteiger partial charge in [0, 0.05) is 43.4 Å². The topological polar surface area (TPSA) is 68.0 Å². The molecule has 0 saturated carbocycles. The van der Waals surface area contributed by atoms with Gasteiger partial charge in [0.2, 0.25) is 5.91 Å². The Morgan fingerprint density at radius 3 is 2.78 bits per heavy atom. The van der Waals surface area contributed by atoms with Crippen molar-refractivity contribution in [3.63, 3.8) is 0 Å². The third kappa shape index (κ3) is 4.09. The van der Waals surface area contributed by atoms with Crippen molar-refractivity contribution in [2.45, 2.75) is 31.8 Å². The molecule has 3 heterocycles. The number of benzene rings is 1. The van der Waals surface area contributed by atoms with Gasteiger partial charge in [-0.15, -0.1) is 0 Å². The number of rotatable bonds is 5. The Labute approximate surface area is 158 Å². The minimum atomic E-state index is -0.107. The standard InChI is InChI=1S/C20H24N6O/c1-24-14-16(13-22-24)15-25-11-3-2-5-19(25)20(27)23-17-6-8-18(9-7-17)26-12-4-10-21-26/h4,6-10,12-14,19H,2-3,5,11,15H2,1H3,(H,23,27). The molecule has 4 rings (SSSR count). The maximum atomic E-state index is 12.9. The molecule has 0 aliphatic carbocycles. The molecule has 0 spiro atoms. The molecule has 0 radical (unpaired) electrons. The van der Waals surface area contributed by atoms with Gasteiger partial charge < -0.3 is 5.32 Å². The third-order valence-corrected chi connectivity index (χ3v) is 4.96. The van der Waals surface area contributed by atoms with Crippen LogP contribution in [0, 0.1) is 0 Å². The summed E-state index contributed by atoms with van der Waals surface area (Å²) in [5.74, 6) is 0.0606. The average Bonchev–Trinajstić information content (AvgIpc) is 3.35. The monoisotopic (exact) mass is 364 g/mol. The maximum Gasteiger partial charge on any atom is 0.241 e. The van der Waals surface area contributed by atoms with Gasteiger partial charge in [-0.25, -0.2) is 4.68 Å². The minimum Gasteiger partial charge on any atom is -0.325 e. The largest absolute Gasteiger partial charge is 0.325 e. The summed E-state index contributed by atoms with van der Waals surface area (Å²) in [7, 11) is 1.91. The van der Waals surface area contributed by atoms with Crippen molar-refractivity contribution in [2.24, 2.45) is 7.05 Å². The van der Waals surface area contributed by atoms with E-state index in [1.165, 1.54) is 0 Å². The number of nitrogens with zero attached hydrogens (tertiary/aromatic N) is 5. The molecular weight excluding hydrogens is 340 g/mol. The molecular formula is C20H24N6O. The summed E-state index contributed by atoms with van der Waals surface area (Å²) in [6.07, 6.45) is 10.6. The number of piperidine rings is 1. The zero-order valence-electron chi connectivity index (χ0n) is 15.5. The zero-order valence-corrected chi connectivity index (χ0v) is 15.5. The van der Waals surface area contributed by atoms with Crippen molar-refractivity contribution in [2.75, 3.05) is 11.9 Å². The van der Waals surface area contributed by atoms with Crippen LogP contribution >= 0.6 is 0 Å². The molecule has 1 aromatic carbocycles. The Balaban J connectivity index is 1.42. The Morgan fingerprint density at radius 2 is 2.07 bits per heavy atom. The summed E-state index contributed by atoms with van der Waals surface area (Å²) in [4.78, 5) is 15.2. The first kappa shape index (κ1) is 17.5. The normalized spacial score (nSPS) is 17.7. The van der Waals surface area contributed by atoms with Gasteiger partial charge >= 0.3 is 0 Å². The SMILES string of the molecule is Cn1cc(CN2CCCCC2C(=O)Nc2ccc(-n3cccn3)cc2)cn1. The van der Waals surface area contributed by atoms with Crippen LogP contribution < -0.4 is 5.32 Å². The second kappa shape index (κ2) is 7.75. The first-order chi connectivity index (χ1) is 13.2. The average molecular weight is 364 g/mol. The molecule has 1 aliphatic heterocycles. The number of amides is 1. The molecule has 2 aromatic heterocycles. The molecule has 27 heavy (non-hydrogen) atoms. The van der Waals surface area contributed by atoms with E-state index in [0.29, 0.717) is 0 Å². The fraction of sp³-hybridized carbons (Fsp3) is 0.350. The van der Waals surface area contributed by atoms with E-state index in [9.17, 15) is 4.79 Å². The van der Waals surface area contributed by atoms with Gasteiger partial charge in [0.05, 0.1) is 17.9 Å². The van der Waals surface area contributed by atoms with Gasteiger partial charge in [-0.2, -0.15) is 10.2 Å². The Kier molecular flexibility index (Phi) is 5.02. The lowest BCUT2D eigenvalue weighted by Crippen LogP contribution is -2.46. The van der Waals surface area contributed by atoms with Crippen LogP contribution in [0.1, 0.15) is 24.8 Å². The highest BCUT2D eigenvalue weighted by Crippen LogP contribution is 2.21. The van der Waals surface area contributed by atoms with Gasteiger partial charge in [-0.3, -0.25) is 14.4 Å². The number of carbonyl (C=O) groups excluding carboxylic acids is 1. The van der Waals surface area contributed by atoms with Crippen LogP contribution in [0.25, 0.3) is 5.69 Å². The predicted molar refractivity (Wildman–Crippen MR) is 103 cm³/mol. The number of anilines is 1. The van der Waals surface area contributed by atoms with Crippen LogP contribution in [0.2, 0.25) is 0 Å². The van der Waals surface area contributed by atoms with Gasteiger partial charge in [0.15, 0.2) is 0 Å². The predicted octanol–water partition coefficient (Wildman–Crippen LogP) is 2.60. The molecule has 1 aliphatic rings. The number of hydrogen-bond donors (Lipinski definition) is 1. The fourth-order valence-electron chi connectivity index (χ4n) is 3.61. The number of likely N-dealkylation sites (tertiary alicyclic amines) is 1. The smallest absolute Gasteiger partial charge is 0.241 e. The highest BCUT2D eigenvalue weighted by molar-refractivity contribution is 5.95.